The Morgan fingerprint density at radius 3 is 2.69 bits per heavy atom. The zero-order valence-corrected chi connectivity index (χ0v) is 15.3. The number of carbonyl (C=O) groups excluding carboxylic acids is 1. The lowest BCUT2D eigenvalue weighted by atomic mass is 9.79. The molecular formula is C19H20N4O2S. The van der Waals surface area contributed by atoms with Gasteiger partial charge in [-0.15, -0.1) is 0 Å². The molecular weight excluding hydrogens is 348 g/mol. The number of aromatic nitrogens is 1. The quantitative estimate of drug-likeness (QED) is 0.897. The highest BCUT2D eigenvalue weighted by molar-refractivity contribution is 7.11. The summed E-state index contributed by atoms with van der Waals surface area (Å²) in [5.41, 5.74) is 0.963. The maximum absolute atomic E-state index is 12.6. The second kappa shape index (κ2) is 7.06. The minimum atomic E-state index is -0.0387. The Bertz CT molecular complexity index is 832. The smallest absolute Gasteiger partial charge is 0.279 e. The summed E-state index contributed by atoms with van der Waals surface area (Å²) in [7, 11) is 0. The van der Waals surface area contributed by atoms with E-state index in [1.54, 1.807) is 29.6 Å². The molecule has 1 aromatic carbocycles. The predicted octanol–water partition coefficient (Wildman–Crippen LogP) is 3.02. The maximum Gasteiger partial charge on any atom is 0.279 e. The van der Waals surface area contributed by atoms with Crippen molar-refractivity contribution >= 4 is 17.2 Å². The minimum Gasteiger partial charge on any atom is -0.431 e. The van der Waals surface area contributed by atoms with Gasteiger partial charge >= 0.3 is 0 Å². The first-order valence-corrected chi connectivity index (χ1v) is 9.70. The molecule has 2 atom stereocenters. The van der Waals surface area contributed by atoms with Crippen molar-refractivity contribution in [2.45, 2.75) is 31.8 Å². The van der Waals surface area contributed by atoms with E-state index in [-0.39, 0.29) is 11.9 Å². The Balaban J connectivity index is 1.40. The first kappa shape index (κ1) is 17.0. The first-order valence-electron chi connectivity index (χ1n) is 8.82. The summed E-state index contributed by atoms with van der Waals surface area (Å²) >= 11 is 1.27. The second-order valence-electron chi connectivity index (χ2n) is 6.85. The van der Waals surface area contributed by atoms with Crippen molar-refractivity contribution in [1.82, 2.24) is 15.2 Å². The van der Waals surface area contributed by atoms with E-state index in [1.807, 2.05) is 6.07 Å². The topological polar surface area (TPSA) is 78.2 Å². The van der Waals surface area contributed by atoms with Crippen molar-refractivity contribution < 1.29 is 9.53 Å². The SMILES string of the molecule is C[C@H]1[C@H](NC(=O)c2ccc(Oc3nc(C#N)cs3)cc2)C2CCN1CC2. The van der Waals surface area contributed by atoms with Crippen LogP contribution in [0.2, 0.25) is 0 Å². The van der Waals surface area contributed by atoms with Gasteiger partial charge in [-0.3, -0.25) is 9.69 Å². The number of piperidine rings is 3. The van der Waals surface area contributed by atoms with Crippen molar-refractivity contribution in [3.8, 4) is 17.0 Å². The third-order valence-corrected chi connectivity index (χ3v) is 6.11. The molecule has 0 spiro atoms. The second-order valence-corrected chi connectivity index (χ2v) is 7.67. The number of nitrogens with zero attached hydrogens (tertiary/aromatic N) is 3. The number of carbonyl (C=O) groups is 1. The van der Waals surface area contributed by atoms with Crippen molar-refractivity contribution in [2.24, 2.45) is 5.92 Å². The highest BCUT2D eigenvalue weighted by Crippen LogP contribution is 2.32. The average Bonchev–Trinajstić information content (AvgIpc) is 3.13. The molecule has 1 N–H and O–H groups in total. The molecule has 7 heteroatoms. The molecule has 4 heterocycles. The van der Waals surface area contributed by atoms with Crippen molar-refractivity contribution in [1.29, 1.82) is 5.26 Å². The summed E-state index contributed by atoms with van der Waals surface area (Å²) in [6.07, 6.45) is 2.33. The zero-order valence-electron chi connectivity index (χ0n) is 14.5. The van der Waals surface area contributed by atoms with Crippen molar-refractivity contribution in [3.63, 3.8) is 0 Å². The van der Waals surface area contributed by atoms with Gasteiger partial charge in [0.1, 0.15) is 11.8 Å². The molecule has 5 rings (SSSR count). The molecule has 3 aliphatic heterocycles. The van der Waals surface area contributed by atoms with Gasteiger partial charge in [-0.05, 0) is 63.0 Å². The molecule has 6 nitrogen and oxygen atoms in total. The molecule has 0 aliphatic carbocycles. The number of benzene rings is 1. The molecule has 1 aromatic heterocycles. The summed E-state index contributed by atoms with van der Waals surface area (Å²) in [6, 6.07) is 9.62. The fourth-order valence-corrected chi connectivity index (χ4v) is 4.52. The number of amides is 1. The lowest BCUT2D eigenvalue weighted by Gasteiger charge is -2.49. The van der Waals surface area contributed by atoms with E-state index >= 15 is 0 Å². The third-order valence-electron chi connectivity index (χ3n) is 5.39. The fourth-order valence-electron chi connectivity index (χ4n) is 3.91. The van der Waals surface area contributed by atoms with Crippen LogP contribution in [0.1, 0.15) is 35.8 Å². The van der Waals surface area contributed by atoms with E-state index in [4.69, 9.17) is 10.00 Å². The molecule has 26 heavy (non-hydrogen) atoms. The average molecular weight is 368 g/mol. The van der Waals surface area contributed by atoms with E-state index in [0.717, 1.165) is 13.1 Å². The van der Waals surface area contributed by atoms with Crippen LogP contribution in [0, 0.1) is 17.2 Å². The van der Waals surface area contributed by atoms with Crippen LogP contribution in [0.25, 0.3) is 0 Å². The lowest BCUT2D eigenvalue weighted by Crippen LogP contribution is -2.62. The van der Waals surface area contributed by atoms with Gasteiger partial charge in [-0.1, -0.05) is 11.3 Å². The van der Waals surface area contributed by atoms with Gasteiger partial charge in [0.15, 0.2) is 5.69 Å². The van der Waals surface area contributed by atoms with Gasteiger partial charge in [0.2, 0.25) is 0 Å². The summed E-state index contributed by atoms with van der Waals surface area (Å²) in [4.78, 5) is 19.1. The Labute approximate surface area is 156 Å². The van der Waals surface area contributed by atoms with Crippen LogP contribution in [-0.4, -0.2) is 41.0 Å². The molecule has 134 valence electrons. The largest absolute Gasteiger partial charge is 0.431 e. The number of ether oxygens (including phenoxy) is 1. The molecule has 2 bridgehead atoms. The van der Waals surface area contributed by atoms with Crippen LogP contribution in [0.5, 0.6) is 10.9 Å². The van der Waals surface area contributed by atoms with Crippen LogP contribution in [0.3, 0.4) is 0 Å². The summed E-state index contributed by atoms with van der Waals surface area (Å²) in [6.45, 7) is 4.50. The number of thiazole rings is 1. The van der Waals surface area contributed by atoms with Crippen LogP contribution in [0.15, 0.2) is 29.6 Å². The number of nitrogens with one attached hydrogen (secondary N) is 1. The number of fused-ring (bicyclic) bond motifs is 3. The van der Waals surface area contributed by atoms with E-state index in [1.165, 1.54) is 24.2 Å². The van der Waals surface area contributed by atoms with Gasteiger partial charge in [0.25, 0.3) is 11.1 Å². The highest BCUT2D eigenvalue weighted by atomic mass is 32.1. The van der Waals surface area contributed by atoms with Gasteiger partial charge in [-0.25, -0.2) is 0 Å². The molecule has 3 fully saturated rings. The maximum atomic E-state index is 12.6. The van der Waals surface area contributed by atoms with Crippen LogP contribution < -0.4 is 10.1 Å². The number of hydrogen-bond acceptors (Lipinski definition) is 6. The molecule has 0 radical (unpaired) electrons. The standard InChI is InChI=1S/C19H20N4O2S/c1-12-17(13-6-8-23(12)9-7-13)22-18(24)14-2-4-16(5-3-14)25-19-21-15(10-20)11-26-19/h2-5,11-13,17H,6-9H2,1H3,(H,22,24)/t12-,17-/m0/s1. The normalized spacial score (nSPS) is 26.9. The van der Waals surface area contributed by atoms with E-state index in [9.17, 15) is 4.79 Å². The van der Waals surface area contributed by atoms with E-state index < -0.39 is 0 Å². The highest BCUT2D eigenvalue weighted by Gasteiger charge is 2.40. The fraction of sp³-hybridized carbons (Fsp3) is 0.421. The number of rotatable bonds is 4. The van der Waals surface area contributed by atoms with Crippen LogP contribution in [-0.2, 0) is 0 Å². The van der Waals surface area contributed by atoms with E-state index in [0.29, 0.717) is 34.2 Å². The van der Waals surface area contributed by atoms with Gasteiger partial charge in [-0.2, -0.15) is 10.2 Å². The minimum absolute atomic E-state index is 0.0387. The number of hydrogen-bond donors (Lipinski definition) is 1. The van der Waals surface area contributed by atoms with E-state index in [2.05, 4.69) is 22.1 Å². The monoisotopic (exact) mass is 368 g/mol. The third kappa shape index (κ3) is 3.30. The summed E-state index contributed by atoms with van der Waals surface area (Å²) in [5.74, 6) is 1.14. The Morgan fingerprint density at radius 1 is 1.35 bits per heavy atom. The predicted molar refractivity (Wildman–Crippen MR) is 98.4 cm³/mol. The van der Waals surface area contributed by atoms with Crippen molar-refractivity contribution in [3.05, 3.63) is 40.9 Å². The zero-order chi connectivity index (χ0) is 18.1. The summed E-state index contributed by atoms with van der Waals surface area (Å²) in [5, 5.41) is 14.1. The van der Waals surface area contributed by atoms with Gasteiger partial charge in [0.05, 0.1) is 0 Å². The molecule has 2 aromatic rings. The summed E-state index contributed by atoms with van der Waals surface area (Å²) < 4.78 is 5.62. The van der Waals surface area contributed by atoms with Crippen LogP contribution in [0.4, 0.5) is 0 Å². The molecule has 0 saturated carbocycles. The van der Waals surface area contributed by atoms with Gasteiger partial charge < -0.3 is 10.1 Å². The first-order chi connectivity index (χ1) is 12.6. The Morgan fingerprint density at radius 2 is 2.08 bits per heavy atom. The molecule has 1 amide bonds. The lowest BCUT2D eigenvalue weighted by molar-refractivity contribution is 0.0217. The number of nitriles is 1. The Hall–Kier alpha value is -2.43. The molecule has 3 saturated heterocycles. The molecule has 0 unspecified atom stereocenters. The molecule has 3 aliphatic rings. The van der Waals surface area contributed by atoms with Crippen molar-refractivity contribution in [2.75, 3.05) is 13.1 Å². The van der Waals surface area contributed by atoms with Crippen LogP contribution >= 0.6 is 11.3 Å². The Kier molecular flexibility index (Phi) is 4.62. The van der Waals surface area contributed by atoms with Gasteiger partial charge in [0, 0.05) is 23.0 Å².